The number of halogens is 1. The van der Waals surface area contributed by atoms with Crippen molar-refractivity contribution >= 4 is 47.4 Å². The van der Waals surface area contributed by atoms with Crippen LogP contribution in [-0.4, -0.2) is 47.7 Å². The number of allylic oxidation sites excluding steroid dienone is 2. The van der Waals surface area contributed by atoms with Crippen molar-refractivity contribution in [2.45, 2.75) is 13.0 Å². The minimum Gasteiger partial charge on any atom is -0.355 e. The Bertz CT molecular complexity index is 888. The smallest absolute Gasteiger partial charge is 0.274 e. The Labute approximate surface area is 191 Å². The number of likely N-dealkylation sites (tertiary alicyclic amines) is 1. The van der Waals surface area contributed by atoms with E-state index in [2.05, 4.69) is 27.8 Å². The number of fused-ring (bicyclic) bond motifs is 5. The summed E-state index contributed by atoms with van der Waals surface area (Å²) in [7, 11) is 1.59. The van der Waals surface area contributed by atoms with Crippen molar-refractivity contribution in [2.24, 2.45) is 28.7 Å². The van der Waals surface area contributed by atoms with Gasteiger partial charge in [0.25, 0.3) is 5.69 Å². The lowest BCUT2D eigenvalue weighted by atomic mass is 9.85. The van der Waals surface area contributed by atoms with Gasteiger partial charge in [-0.1, -0.05) is 30.4 Å². The second-order valence-corrected chi connectivity index (χ2v) is 7.57. The van der Waals surface area contributed by atoms with Crippen molar-refractivity contribution in [1.29, 1.82) is 0 Å². The zero-order valence-corrected chi connectivity index (χ0v) is 18.8. The van der Waals surface area contributed by atoms with Gasteiger partial charge in [0.15, 0.2) is 5.96 Å². The predicted molar refractivity (Wildman–Crippen MR) is 121 cm³/mol. The fourth-order valence-corrected chi connectivity index (χ4v) is 4.71. The molecule has 0 radical (unpaired) electrons. The summed E-state index contributed by atoms with van der Waals surface area (Å²) in [4.78, 5) is 41.5. The van der Waals surface area contributed by atoms with E-state index >= 15 is 0 Å². The van der Waals surface area contributed by atoms with Crippen molar-refractivity contribution in [2.75, 3.05) is 20.1 Å². The third-order valence-corrected chi connectivity index (χ3v) is 6.05. The number of imide groups is 1. The van der Waals surface area contributed by atoms with Gasteiger partial charge in [-0.05, 0) is 18.3 Å². The number of hydrogen-bond acceptors (Lipinski definition) is 5. The van der Waals surface area contributed by atoms with Crippen LogP contribution in [0.3, 0.4) is 0 Å². The van der Waals surface area contributed by atoms with E-state index in [1.54, 1.807) is 25.2 Å². The van der Waals surface area contributed by atoms with Crippen molar-refractivity contribution in [3.63, 3.8) is 0 Å². The van der Waals surface area contributed by atoms with E-state index in [-0.39, 0.29) is 78.2 Å². The molecule has 2 N–H and O–H groups in total. The molecule has 1 saturated heterocycles. The molecule has 1 heterocycles. The average molecular weight is 525 g/mol. The summed E-state index contributed by atoms with van der Waals surface area (Å²) in [6.07, 6.45) is 5.07. The number of carbonyl (C=O) groups is 2. The molecular weight excluding hydrogens is 501 g/mol. The highest BCUT2D eigenvalue weighted by Gasteiger charge is 2.58. The highest BCUT2D eigenvalue weighted by Crippen LogP contribution is 2.52. The van der Waals surface area contributed by atoms with Crippen molar-refractivity contribution < 1.29 is 14.5 Å². The third-order valence-electron chi connectivity index (χ3n) is 6.05. The van der Waals surface area contributed by atoms with E-state index in [1.165, 1.54) is 11.0 Å². The number of nitro groups is 1. The quantitative estimate of drug-likeness (QED) is 0.111. The van der Waals surface area contributed by atoms with E-state index in [0.717, 1.165) is 6.42 Å². The molecule has 1 aromatic carbocycles. The van der Waals surface area contributed by atoms with E-state index in [1.807, 2.05) is 0 Å². The number of benzene rings is 1. The molecule has 4 rings (SSSR count). The predicted octanol–water partition coefficient (Wildman–Crippen LogP) is 1.68. The molecule has 10 heteroatoms. The standard InChI is InChI=1S/C20H23N5O4.HI/c1-21-20(23-11-14-4-2-3-5-15(14)25(28)29)22-8-9-24-18(26)16-12-6-7-13(10-12)17(16)19(24)27;/h2-7,12-13,16-17H,8-11H2,1H3,(H2,21,22,23);1H. The van der Waals surface area contributed by atoms with E-state index in [0.29, 0.717) is 18.1 Å². The Morgan fingerprint density at radius 3 is 2.40 bits per heavy atom. The summed E-state index contributed by atoms with van der Waals surface area (Å²) < 4.78 is 0. The second-order valence-electron chi connectivity index (χ2n) is 7.57. The molecule has 9 nitrogen and oxygen atoms in total. The zero-order chi connectivity index (χ0) is 20.5. The van der Waals surface area contributed by atoms with Gasteiger partial charge in [-0.25, -0.2) is 0 Å². The Morgan fingerprint density at radius 2 is 1.80 bits per heavy atom. The Hall–Kier alpha value is -2.50. The van der Waals surface area contributed by atoms with Crippen LogP contribution >= 0.6 is 24.0 Å². The monoisotopic (exact) mass is 525 g/mol. The normalized spacial score (nSPS) is 26.6. The van der Waals surface area contributed by atoms with Gasteiger partial charge < -0.3 is 10.6 Å². The maximum absolute atomic E-state index is 12.7. The maximum atomic E-state index is 12.7. The van der Waals surface area contributed by atoms with Crippen LogP contribution in [0.2, 0.25) is 0 Å². The van der Waals surface area contributed by atoms with Gasteiger partial charge in [0.1, 0.15) is 0 Å². The molecule has 4 unspecified atom stereocenters. The number of amides is 2. The number of aliphatic imine (C=N–C) groups is 1. The first-order chi connectivity index (χ1) is 14.0. The Balaban J connectivity index is 0.00000256. The number of hydrogen-bond donors (Lipinski definition) is 2. The largest absolute Gasteiger partial charge is 0.355 e. The van der Waals surface area contributed by atoms with Crippen LogP contribution in [0.15, 0.2) is 41.4 Å². The van der Waals surface area contributed by atoms with Gasteiger partial charge in [-0.3, -0.25) is 29.6 Å². The van der Waals surface area contributed by atoms with E-state index in [9.17, 15) is 19.7 Å². The van der Waals surface area contributed by atoms with Crippen LogP contribution < -0.4 is 10.6 Å². The molecule has 160 valence electrons. The lowest BCUT2D eigenvalue weighted by Gasteiger charge is -2.18. The van der Waals surface area contributed by atoms with Gasteiger partial charge in [0.2, 0.25) is 11.8 Å². The maximum Gasteiger partial charge on any atom is 0.274 e. The van der Waals surface area contributed by atoms with Gasteiger partial charge in [-0.2, -0.15) is 0 Å². The molecule has 2 amide bonds. The lowest BCUT2D eigenvalue weighted by molar-refractivity contribution is -0.385. The van der Waals surface area contributed by atoms with Gasteiger partial charge in [0.05, 0.1) is 16.8 Å². The fraction of sp³-hybridized carbons (Fsp3) is 0.450. The van der Waals surface area contributed by atoms with Crippen molar-refractivity contribution in [1.82, 2.24) is 15.5 Å². The summed E-state index contributed by atoms with van der Waals surface area (Å²) >= 11 is 0. The Morgan fingerprint density at radius 1 is 1.17 bits per heavy atom. The molecule has 4 atom stereocenters. The Kier molecular flexibility index (Phi) is 6.74. The zero-order valence-electron chi connectivity index (χ0n) is 16.5. The molecule has 2 aliphatic carbocycles. The number of nitro benzene ring substituents is 1. The minimum atomic E-state index is -0.420. The number of nitrogens with one attached hydrogen (secondary N) is 2. The molecule has 0 spiro atoms. The van der Waals surface area contributed by atoms with E-state index < -0.39 is 4.92 Å². The second kappa shape index (κ2) is 9.11. The molecule has 1 aromatic rings. The molecule has 2 bridgehead atoms. The van der Waals surface area contributed by atoms with Crippen molar-refractivity contribution in [3.8, 4) is 0 Å². The number of para-hydroxylation sites is 1. The summed E-state index contributed by atoms with van der Waals surface area (Å²) in [6.45, 7) is 0.865. The first-order valence-corrected chi connectivity index (χ1v) is 9.71. The van der Waals surface area contributed by atoms with Crippen LogP contribution in [0.1, 0.15) is 12.0 Å². The number of nitrogens with zero attached hydrogens (tertiary/aromatic N) is 3. The van der Waals surface area contributed by atoms with Crippen LogP contribution in [0.5, 0.6) is 0 Å². The molecule has 0 aromatic heterocycles. The van der Waals surface area contributed by atoms with Crippen LogP contribution in [0.4, 0.5) is 5.69 Å². The molecule has 3 aliphatic rings. The van der Waals surface area contributed by atoms with Crippen LogP contribution in [0, 0.1) is 33.8 Å². The molecule has 1 aliphatic heterocycles. The molecule has 2 fully saturated rings. The molecular formula is C20H24IN5O4. The number of carbonyl (C=O) groups excluding carboxylic acids is 2. The fourth-order valence-electron chi connectivity index (χ4n) is 4.71. The summed E-state index contributed by atoms with van der Waals surface area (Å²) in [5, 5.41) is 17.2. The SMILES string of the molecule is CN=C(NCCN1C(=O)C2C3C=CC(C3)C2C1=O)NCc1ccccc1[N+](=O)[O-].I. The highest BCUT2D eigenvalue weighted by atomic mass is 127. The lowest BCUT2D eigenvalue weighted by Crippen LogP contribution is -2.43. The first-order valence-electron chi connectivity index (χ1n) is 9.71. The summed E-state index contributed by atoms with van der Waals surface area (Å²) in [6, 6.07) is 6.50. The average Bonchev–Trinajstić information content (AvgIpc) is 3.40. The van der Waals surface area contributed by atoms with Gasteiger partial charge in [0, 0.05) is 38.3 Å². The molecule has 1 saturated carbocycles. The summed E-state index contributed by atoms with van der Waals surface area (Å²) in [5.41, 5.74) is 0.583. The van der Waals surface area contributed by atoms with E-state index in [4.69, 9.17) is 0 Å². The van der Waals surface area contributed by atoms with Crippen LogP contribution in [-0.2, 0) is 16.1 Å². The topological polar surface area (TPSA) is 117 Å². The van der Waals surface area contributed by atoms with Crippen molar-refractivity contribution in [3.05, 3.63) is 52.1 Å². The third kappa shape index (κ3) is 3.92. The summed E-state index contributed by atoms with van der Waals surface area (Å²) in [5.74, 6) is 0.348. The highest BCUT2D eigenvalue weighted by molar-refractivity contribution is 14.0. The van der Waals surface area contributed by atoms with Gasteiger partial charge in [-0.15, -0.1) is 24.0 Å². The number of guanidine groups is 1. The number of rotatable bonds is 6. The first kappa shape index (κ1) is 22.2. The molecule has 30 heavy (non-hydrogen) atoms. The minimum absolute atomic E-state index is 0. The van der Waals surface area contributed by atoms with Crippen LogP contribution in [0.25, 0.3) is 0 Å². The van der Waals surface area contributed by atoms with Gasteiger partial charge >= 0.3 is 0 Å².